The summed E-state index contributed by atoms with van der Waals surface area (Å²) in [6.07, 6.45) is 2.48. The molecule has 1 aromatic rings. The third kappa shape index (κ3) is 2.58. The van der Waals surface area contributed by atoms with Crippen LogP contribution in [0.3, 0.4) is 0 Å². The highest BCUT2D eigenvalue weighted by atomic mass is 16.2. The Labute approximate surface area is 132 Å². The summed E-state index contributed by atoms with van der Waals surface area (Å²) in [6.45, 7) is 1.81. The highest BCUT2D eigenvalue weighted by molar-refractivity contribution is 6.30. The smallest absolute Gasteiger partial charge is 0.258 e. The summed E-state index contributed by atoms with van der Waals surface area (Å²) < 4.78 is 0. The number of anilines is 1. The molecular weight excluding hydrogens is 298 g/mol. The molecule has 7 heteroatoms. The molecule has 0 radical (unpaired) electrons. The van der Waals surface area contributed by atoms with Crippen LogP contribution in [0, 0.1) is 11.3 Å². The summed E-state index contributed by atoms with van der Waals surface area (Å²) >= 11 is 0. The largest absolute Gasteiger partial charge is 0.324 e. The van der Waals surface area contributed by atoms with Gasteiger partial charge in [0.1, 0.15) is 0 Å². The van der Waals surface area contributed by atoms with Gasteiger partial charge in [-0.05, 0) is 25.0 Å². The third-order valence-electron chi connectivity index (χ3n) is 4.54. The Bertz CT molecular complexity index is 709. The van der Waals surface area contributed by atoms with Crippen LogP contribution in [0.5, 0.6) is 0 Å². The molecule has 2 aliphatic rings. The van der Waals surface area contributed by atoms with Crippen LogP contribution in [0.1, 0.15) is 36.5 Å². The van der Waals surface area contributed by atoms with Crippen molar-refractivity contribution >= 4 is 29.2 Å². The number of amides is 3. The van der Waals surface area contributed by atoms with Crippen LogP contribution >= 0.6 is 0 Å². The molecule has 3 N–H and O–H groups in total. The van der Waals surface area contributed by atoms with Crippen LogP contribution in [0.4, 0.5) is 5.69 Å². The first-order valence-electron chi connectivity index (χ1n) is 7.47. The zero-order valence-corrected chi connectivity index (χ0v) is 12.6. The SMILES string of the molecule is CC1(C(=O)NNC(=O)[C@H]2C(=O)Nc3ccccc3C2=O)CCC1. The molecule has 0 saturated heterocycles. The maximum Gasteiger partial charge on any atom is 0.258 e. The summed E-state index contributed by atoms with van der Waals surface area (Å²) in [5, 5.41) is 2.53. The second-order valence-electron chi connectivity index (χ2n) is 6.19. The van der Waals surface area contributed by atoms with Gasteiger partial charge in [-0.15, -0.1) is 0 Å². The van der Waals surface area contributed by atoms with Gasteiger partial charge in [-0.3, -0.25) is 30.0 Å². The molecule has 120 valence electrons. The highest BCUT2D eigenvalue weighted by Gasteiger charge is 2.42. The average molecular weight is 315 g/mol. The molecule has 1 aliphatic heterocycles. The normalized spacial score (nSPS) is 21.5. The lowest BCUT2D eigenvalue weighted by Gasteiger charge is -2.36. The fraction of sp³-hybridized carbons (Fsp3) is 0.375. The third-order valence-corrected chi connectivity index (χ3v) is 4.54. The molecular formula is C16H17N3O4. The van der Waals surface area contributed by atoms with Crippen molar-refractivity contribution in [1.82, 2.24) is 10.9 Å². The summed E-state index contributed by atoms with van der Waals surface area (Å²) in [5.41, 5.74) is 4.70. The van der Waals surface area contributed by atoms with E-state index in [2.05, 4.69) is 16.2 Å². The van der Waals surface area contributed by atoms with Gasteiger partial charge < -0.3 is 5.32 Å². The fourth-order valence-electron chi connectivity index (χ4n) is 2.80. The number of rotatable bonds is 2. The van der Waals surface area contributed by atoms with E-state index in [4.69, 9.17) is 0 Å². The second-order valence-corrected chi connectivity index (χ2v) is 6.19. The number of ketones is 1. The van der Waals surface area contributed by atoms with Crippen LogP contribution < -0.4 is 16.2 Å². The van der Waals surface area contributed by atoms with E-state index in [0.717, 1.165) is 19.3 Å². The van der Waals surface area contributed by atoms with Gasteiger partial charge in [0, 0.05) is 11.0 Å². The maximum absolute atomic E-state index is 12.3. The van der Waals surface area contributed by atoms with Crippen molar-refractivity contribution < 1.29 is 19.2 Å². The fourth-order valence-corrected chi connectivity index (χ4v) is 2.80. The number of para-hydroxylation sites is 1. The Morgan fingerprint density at radius 2 is 1.87 bits per heavy atom. The molecule has 1 saturated carbocycles. The van der Waals surface area contributed by atoms with Crippen molar-refractivity contribution in [2.75, 3.05) is 5.32 Å². The highest BCUT2D eigenvalue weighted by Crippen LogP contribution is 2.40. The summed E-state index contributed by atoms with van der Waals surface area (Å²) in [5.74, 6) is -3.92. The van der Waals surface area contributed by atoms with Crippen molar-refractivity contribution in [3.8, 4) is 0 Å². The first-order valence-corrected chi connectivity index (χ1v) is 7.47. The number of fused-ring (bicyclic) bond motifs is 1. The first kappa shape index (κ1) is 15.2. The number of hydrazine groups is 1. The van der Waals surface area contributed by atoms with E-state index < -0.39 is 28.9 Å². The molecule has 0 unspecified atom stereocenters. The second kappa shape index (κ2) is 5.49. The van der Waals surface area contributed by atoms with Gasteiger partial charge >= 0.3 is 0 Å². The van der Waals surface area contributed by atoms with E-state index in [-0.39, 0.29) is 11.5 Å². The van der Waals surface area contributed by atoms with Crippen LogP contribution in [0.2, 0.25) is 0 Å². The minimum Gasteiger partial charge on any atom is -0.324 e. The standard InChI is InChI=1S/C16H17N3O4/c1-16(7-4-8-16)15(23)19-18-14(22)11-12(20)9-5-2-3-6-10(9)17-13(11)21/h2-3,5-6,11H,4,7-8H2,1H3,(H,17,21)(H,18,22)(H,19,23)/t11-/m1/s1. The number of nitrogens with one attached hydrogen (secondary N) is 3. The summed E-state index contributed by atoms with van der Waals surface area (Å²) in [4.78, 5) is 48.5. The van der Waals surface area contributed by atoms with Crippen molar-refractivity contribution in [2.45, 2.75) is 26.2 Å². The number of carbonyl (C=O) groups excluding carboxylic acids is 4. The summed E-state index contributed by atoms with van der Waals surface area (Å²) in [6, 6.07) is 6.48. The molecule has 7 nitrogen and oxygen atoms in total. The van der Waals surface area contributed by atoms with Gasteiger partial charge in [0.15, 0.2) is 11.7 Å². The number of Topliss-reactive ketones (excluding diaryl/α,β-unsaturated/α-hetero) is 1. The zero-order chi connectivity index (χ0) is 16.6. The number of hydrogen-bond donors (Lipinski definition) is 3. The monoisotopic (exact) mass is 315 g/mol. The zero-order valence-electron chi connectivity index (χ0n) is 12.6. The molecule has 0 aromatic heterocycles. The Balaban J connectivity index is 1.69. The van der Waals surface area contributed by atoms with E-state index in [0.29, 0.717) is 5.69 Å². The Morgan fingerprint density at radius 3 is 2.52 bits per heavy atom. The lowest BCUT2D eigenvalue weighted by atomic mass is 9.70. The molecule has 0 bridgehead atoms. The predicted octanol–water partition coefficient (Wildman–Crippen LogP) is 0.775. The molecule has 23 heavy (non-hydrogen) atoms. The minimum atomic E-state index is -1.50. The van der Waals surface area contributed by atoms with Gasteiger partial charge in [-0.1, -0.05) is 25.5 Å². The van der Waals surface area contributed by atoms with Crippen molar-refractivity contribution in [1.29, 1.82) is 0 Å². The molecule has 3 amide bonds. The van der Waals surface area contributed by atoms with Crippen LogP contribution in [0.15, 0.2) is 24.3 Å². The van der Waals surface area contributed by atoms with Gasteiger partial charge in [0.2, 0.25) is 11.8 Å². The number of hydrogen-bond acceptors (Lipinski definition) is 4. The lowest BCUT2D eigenvalue weighted by molar-refractivity contribution is -0.140. The van der Waals surface area contributed by atoms with E-state index in [1.54, 1.807) is 24.3 Å². The quantitative estimate of drug-likeness (QED) is 0.554. The Morgan fingerprint density at radius 1 is 1.17 bits per heavy atom. The molecule has 1 atom stereocenters. The van der Waals surface area contributed by atoms with Crippen molar-refractivity contribution in [3.63, 3.8) is 0 Å². The topological polar surface area (TPSA) is 104 Å². The van der Waals surface area contributed by atoms with Crippen molar-refractivity contribution in [3.05, 3.63) is 29.8 Å². The predicted molar refractivity (Wildman–Crippen MR) is 81.1 cm³/mol. The van der Waals surface area contributed by atoms with Gasteiger partial charge in [-0.25, -0.2) is 0 Å². The Kier molecular flexibility index (Phi) is 3.63. The van der Waals surface area contributed by atoms with Gasteiger partial charge in [0.05, 0.1) is 5.69 Å². The molecule has 1 fully saturated rings. The molecule has 0 spiro atoms. The van der Waals surface area contributed by atoms with Crippen LogP contribution in [-0.2, 0) is 14.4 Å². The number of carbonyl (C=O) groups is 4. The molecule has 1 aliphatic carbocycles. The summed E-state index contributed by atoms with van der Waals surface area (Å²) in [7, 11) is 0. The average Bonchev–Trinajstić information content (AvgIpc) is 2.50. The minimum absolute atomic E-state index is 0.282. The van der Waals surface area contributed by atoms with E-state index in [1.807, 2.05) is 6.92 Å². The van der Waals surface area contributed by atoms with Crippen LogP contribution in [0.25, 0.3) is 0 Å². The molecule has 3 rings (SSSR count). The van der Waals surface area contributed by atoms with E-state index in [9.17, 15) is 19.2 Å². The molecule has 1 heterocycles. The Hall–Kier alpha value is -2.70. The first-order chi connectivity index (χ1) is 10.9. The van der Waals surface area contributed by atoms with E-state index in [1.165, 1.54) is 0 Å². The maximum atomic E-state index is 12.3. The molecule has 1 aromatic carbocycles. The van der Waals surface area contributed by atoms with E-state index >= 15 is 0 Å². The lowest BCUT2D eigenvalue weighted by Crippen LogP contribution is -2.55. The van der Waals surface area contributed by atoms with Crippen molar-refractivity contribution in [2.24, 2.45) is 11.3 Å². The van der Waals surface area contributed by atoms with Gasteiger partial charge in [-0.2, -0.15) is 0 Å². The number of benzene rings is 1. The van der Waals surface area contributed by atoms with Crippen LogP contribution in [-0.4, -0.2) is 23.5 Å². The van der Waals surface area contributed by atoms with Gasteiger partial charge in [0.25, 0.3) is 5.91 Å².